The van der Waals surface area contributed by atoms with Gasteiger partial charge in [-0.2, -0.15) is 13.2 Å². The minimum absolute atomic E-state index is 0.0308. The lowest BCUT2D eigenvalue weighted by Crippen LogP contribution is -2.12. The quantitative estimate of drug-likeness (QED) is 0.493. The van der Waals surface area contributed by atoms with Crippen LogP contribution >= 0.6 is 11.6 Å². The van der Waals surface area contributed by atoms with E-state index in [0.29, 0.717) is 0 Å². The molecule has 0 bridgehead atoms. The van der Waals surface area contributed by atoms with Crippen LogP contribution in [0.2, 0.25) is 5.02 Å². The highest BCUT2D eigenvalue weighted by Gasteiger charge is 2.37. The third-order valence-electron chi connectivity index (χ3n) is 1.67. The van der Waals surface area contributed by atoms with Crippen LogP contribution in [0.25, 0.3) is 0 Å². The molecule has 0 unspecified atom stereocenters. The van der Waals surface area contributed by atoms with Crippen LogP contribution in [-0.2, 0) is 11.0 Å². The minimum Gasteiger partial charge on any atom is -0.325 e. The zero-order valence-electron chi connectivity index (χ0n) is 7.33. The number of carbonyl (C=O) groups is 1. The summed E-state index contributed by atoms with van der Waals surface area (Å²) in [5, 5.41) is 0.931. The van der Waals surface area contributed by atoms with E-state index in [0.717, 1.165) is 0 Å². The molecule has 0 heterocycles. The molecule has 16 heavy (non-hydrogen) atoms. The van der Waals surface area contributed by atoms with Crippen molar-refractivity contribution in [2.45, 2.75) is 6.18 Å². The molecule has 0 fully saturated rings. The zero-order chi connectivity index (χ0) is 12.5. The fraction of sp³-hybridized carbons (Fsp3) is 0.125. The van der Waals surface area contributed by atoms with Gasteiger partial charge >= 0.3 is 6.18 Å². The van der Waals surface area contributed by atoms with Crippen LogP contribution in [0.3, 0.4) is 0 Å². The van der Waals surface area contributed by atoms with E-state index in [9.17, 15) is 26.7 Å². The summed E-state index contributed by atoms with van der Waals surface area (Å²) in [6, 6.07) is 0.200. The van der Waals surface area contributed by atoms with Crippen molar-refractivity contribution in [2.24, 2.45) is 0 Å². The Balaban J connectivity index is 3.45. The summed E-state index contributed by atoms with van der Waals surface area (Å²) in [4.78, 5) is 9.99. The maximum Gasteiger partial charge on any atom is 0.419 e. The number of amides is 1. The Morgan fingerprint density at radius 3 is 2.25 bits per heavy atom. The third kappa shape index (κ3) is 2.24. The fourth-order valence-corrected chi connectivity index (χ4v) is 1.24. The van der Waals surface area contributed by atoms with E-state index >= 15 is 0 Å². The highest BCUT2D eigenvalue weighted by atomic mass is 35.5. The molecule has 1 amide bonds. The molecule has 1 aromatic rings. The molecule has 0 saturated carbocycles. The van der Waals surface area contributed by atoms with E-state index in [1.165, 1.54) is 0 Å². The van der Waals surface area contributed by atoms with E-state index in [4.69, 9.17) is 11.6 Å². The Kier molecular flexibility index (Phi) is 3.37. The molecule has 8 heteroatoms. The van der Waals surface area contributed by atoms with Crippen molar-refractivity contribution in [1.82, 2.24) is 0 Å². The SMILES string of the molecule is O=CNc1c(Cl)cc(C(F)(F)F)c(F)c1F. The molecule has 0 atom stereocenters. The number of alkyl halides is 3. The number of hydrogen-bond donors (Lipinski definition) is 1. The molecule has 1 aromatic carbocycles. The molecule has 0 aromatic heterocycles. The predicted octanol–water partition coefficient (Wildman–Crippen LogP) is 3.21. The minimum atomic E-state index is -5.06. The smallest absolute Gasteiger partial charge is 0.325 e. The molecule has 2 nitrogen and oxygen atoms in total. The first-order valence-electron chi connectivity index (χ1n) is 3.74. The normalized spacial score (nSPS) is 11.4. The summed E-state index contributed by atoms with van der Waals surface area (Å²) in [6.07, 6.45) is -5.09. The van der Waals surface area contributed by atoms with Crippen molar-refractivity contribution in [3.8, 4) is 0 Å². The summed E-state index contributed by atoms with van der Waals surface area (Å²) in [5.74, 6) is -3.96. The Labute approximate surface area is 91.0 Å². The van der Waals surface area contributed by atoms with Gasteiger partial charge in [0.2, 0.25) is 6.41 Å². The number of hydrogen-bond acceptors (Lipinski definition) is 1. The van der Waals surface area contributed by atoms with Gasteiger partial charge in [0.1, 0.15) is 0 Å². The lowest BCUT2D eigenvalue weighted by molar-refractivity contribution is -0.140. The van der Waals surface area contributed by atoms with Crippen LogP contribution < -0.4 is 5.32 Å². The van der Waals surface area contributed by atoms with Gasteiger partial charge in [-0.3, -0.25) is 4.79 Å². The van der Waals surface area contributed by atoms with Crippen LogP contribution in [0.1, 0.15) is 5.56 Å². The second kappa shape index (κ2) is 4.25. The highest BCUT2D eigenvalue weighted by molar-refractivity contribution is 6.33. The lowest BCUT2D eigenvalue weighted by atomic mass is 10.1. The van der Waals surface area contributed by atoms with Crippen LogP contribution in [0, 0.1) is 11.6 Å². The molecule has 0 spiro atoms. The Bertz CT molecular complexity index is 431. The summed E-state index contributed by atoms with van der Waals surface area (Å²) in [7, 11) is 0. The van der Waals surface area contributed by atoms with Gasteiger partial charge in [-0.05, 0) is 6.07 Å². The van der Waals surface area contributed by atoms with Crippen molar-refractivity contribution < 1.29 is 26.7 Å². The number of carbonyl (C=O) groups excluding carboxylic acids is 1. The van der Waals surface area contributed by atoms with E-state index in [-0.39, 0.29) is 12.5 Å². The molecule has 0 saturated heterocycles. The first-order chi connectivity index (χ1) is 7.29. The van der Waals surface area contributed by atoms with Gasteiger partial charge in [0, 0.05) is 0 Å². The second-order valence-electron chi connectivity index (χ2n) is 2.67. The summed E-state index contributed by atoms with van der Waals surface area (Å²) in [5.41, 5.74) is -2.66. The first kappa shape index (κ1) is 12.7. The number of anilines is 1. The highest BCUT2D eigenvalue weighted by Crippen LogP contribution is 2.37. The van der Waals surface area contributed by atoms with Gasteiger partial charge < -0.3 is 5.32 Å². The van der Waals surface area contributed by atoms with E-state index in [1.54, 1.807) is 5.32 Å². The molecule has 0 radical (unpaired) electrons. The third-order valence-corrected chi connectivity index (χ3v) is 1.97. The van der Waals surface area contributed by atoms with Gasteiger partial charge in [0.15, 0.2) is 11.6 Å². The van der Waals surface area contributed by atoms with E-state index in [1.807, 2.05) is 0 Å². The number of benzene rings is 1. The van der Waals surface area contributed by atoms with Crippen molar-refractivity contribution in [3.05, 3.63) is 28.3 Å². The fourth-order valence-electron chi connectivity index (χ4n) is 0.993. The van der Waals surface area contributed by atoms with Crippen LogP contribution in [0.5, 0.6) is 0 Å². The maximum atomic E-state index is 13.1. The zero-order valence-corrected chi connectivity index (χ0v) is 8.09. The second-order valence-corrected chi connectivity index (χ2v) is 3.08. The van der Waals surface area contributed by atoms with Crippen molar-refractivity contribution in [1.29, 1.82) is 0 Å². The van der Waals surface area contributed by atoms with Gasteiger partial charge in [-0.15, -0.1) is 0 Å². The van der Waals surface area contributed by atoms with Gasteiger partial charge in [-0.1, -0.05) is 11.6 Å². The molecule has 1 N–H and O–H groups in total. The summed E-state index contributed by atoms with van der Waals surface area (Å²) in [6.45, 7) is 0. The molecule has 88 valence electrons. The Hall–Kier alpha value is -1.37. The molecule has 1 rings (SSSR count). The van der Waals surface area contributed by atoms with Gasteiger partial charge in [0.05, 0.1) is 16.3 Å². The molecule has 0 aliphatic heterocycles. The van der Waals surface area contributed by atoms with Gasteiger partial charge in [-0.25, -0.2) is 8.78 Å². The van der Waals surface area contributed by atoms with Crippen LogP contribution in [0.4, 0.5) is 27.6 Å². The monoisotopic (exact) mass is 259 g/mol. The van der Waals surface area contributed by atoms with Crippen LogP contribution in [-0.4, -0.2) is 6.41 Å². The number of rotatable bonds is 2. The summed E-state index contributed by atoms with van der Waals surface area (Å²) >= 11 is 5.26. The Morgan fingerprint density at radius 2 is 1.81 bits per heavy atom. The standard InChI is InChI=1S/C8H3ClF5NO/c9-4-1-3(8(12,13)14)5(10)6(11)7(4)15-2-16/h1-2H,(H,15,16). The molecular formula is C8H3ClF5NO. The van der Waals surface area contributed by atoms with Crippen molar-refractivity contribution in [3.63, 3.8) is 0 Å². The largest absolute Gasteiger partial charge is 0.419 e. The van der Waals surface area contributed by atoms with Crippen LogP contribution in [0.15, 0.2) is 6.07 Å². The average Bonchev–Trinajstić information content (AvgIpc) is 2.16. The Morgan fingerprint density at radius 1 is 1.25 bits per heavy atom. The molecule has 0 aliphatic rings. The summed E-state index contributed by atoms with van der Waals surface area (Å²) < 4.78 is 62.5. The maximum absolute atomic E-state index is 13.1. The molecular weight excluding hydrogens is 257 g/mol. The number of nitrogens with one attached hydrogen (secondary N) is 1. The molecule has 0 aliphatic carbocycles. The van der Waals surface area contributed by atoms with E-state index < -0.39 is 34.1 Å². The predicted molar refractivity (Wildman–Crippen MR) is 46.1 cm³/mol. The first-order valence-corrected chi connectivity index (χ1v) is 4.11. The number of halogens is 6. The van der Waals surface area contributed by atoms with Crippen molar-refractivity contribution >= 4 is 23.7 Å². The van der Waals surface area contributed by atoms with Crippen molar-refractivity contribution in [2.75, 3.05) is 5.32 Å². The topological polar surface area (TPSA) is 29.1 Å². The lowest BCUT2D eigenvalue weighted by Gasteiger charge is -2.12. The average molecular weight is 260 g/mol. The van der Waals surface area contributed by atoms with Gasteiger partial charge in [0.25, 0.3) is 0 Å². The van der Waals surface area contributed by atoms with E-state index in [2.05, 4.69) is 0 Å².